The van der Waals surface area contributed by atoms with Crippen LogP contribution in [-0.2, 0) is 0 Å². The number of nitrogens with one attached hydrogen (secondary N) is 2. The molecule has 112 valence electrons. The van der Waals surface area contributed by atoms with Crippen LogP contribution in [0.4, 0.5) is 5.95 Å². The first-order valence-corrected chi connectivity index (χ1v) is 7.26. The van der Waals surface area contributed by atoms with Crippen molar-refractivity contribution in [1.29, 1.82) is 0 Å². The lowest BCUT2D eigenvalue weighted by Crippen LogP contribution is -2.54. The van der Waals surface area contributed by atoms with Crippen LogP contribution in [0.1, 0.15) is 19.4 Å². The molecular formula is C15H21N5O. The van der Waals surface area contributed by atoms with Crippen LogP contribution in [0.3, 0.4) is 0 Å². The van der Waals surface area contributed by atoms with Gasteiger partial charge in [-0.25, -0.2) is 0 Å². The van der Waals surface area contributed by atoms with Gasteiger partial charge in [0.25, 0.3) is 0 Å². The summed E-state index contributed by atoms with van der Waals surface area (Å²) in [4.78, 5) is 6.74. The third-order valence-corrected chi connectivity index (χ3v) is 3.80. The van der Waals surface area contributed by atoms with Crippen molar-refractivity contribution in [1.82, 2.24) is 20.5 Å². The molecule has 3 rings (SSSR count). The van der Waals surface area contributed by atoms with Gasteiger partial charge in [0.15, 0.2) is 5.82 Å². The van der Waals surface area contributed by atoms with E-state index in [1.165, 1.54) is 0 Å². The van der Waals surface area contributed by atoms with E-state index in [4.69, 9.17) is 0 Å². The Morgan fingerprint density at radius 2 is 1.95 bits per heavy atom. The number of nitrogens with zero attached hydrogens (tertiary/aromatic N) is 3. The van der Waals surface area contributed by atoms with E-state index in [-0.39, 0.29) is 5.75 Å². The molecule has 1 aliphatic heterocycles. The number of piperazine rings is 1. The van der Waals surface area contributed by atoms with Gasteiger partial charge in [-0.3, -0.25) is 5.10 Å². The van der Waals surface area contributed by atoms with Gasteiger partial charge in [-0.1, -0.05) is 12.1 Å². The molecule has 1 fully saturated rings. The standard InChI is InChI=1S/C15H21N5O/c1-9-4-5-12(6-13(9)21)14-17-15(19-18-14)20-7-10(2)16-11(3)8-20/h4-6,10-11,16,21H,7-8H2,1-3H3,(H,17,18,19). The summed E-state index contributed by atoms with van der Waals surface area (Å²) in [6.07, 6.45) is 0. The minimum atomic E-state index is 0.273. The highest BCUT2D eigenvalue weighted by Gasteiger charge is 2.23. The first-order valence-electron chi connectivity index (χ1n) is 7.26. The van der Waals surface area contributed by atoms with Gasteiger partial charge in [-0.15, -0.1) is 5.10 Å². The molecule has 2 atom stereocenters. The number of benzene rings is 1. The Bertz CT molecular complexity index is 629. The molecule has 1 saturated heterocycles. The molecule has 0 bridgehead atoms. The van der Waals surface area contributed by atoms with Gasteiger partial charge in [0.05, 0.1) is 0 Å². The molecule has 2 heterocycles. The minimum Gasteiger partial charge on any atom is -0.508 e. The summed E-state index contributed by atoms with van der Waals surface area (Å²) in [6.45, 7) is 7.97. The predicted octanol–water partition coefficient (Wildman–Crippen LogP) is 1.67. The maximum Gasteiger partial charge on any atom is 0.245 e. The van der Waals surface area contributed by atoms with Gasteiger partial charge in [0, 0.05) is 30.7 Å². The molecule has 21 heavy (non-hydrogen) atoms. The number of aromatic hydroxyl groups is 1. The molecule has 0 spiro atoms. The summed E-state index contributed by atoms with van der Waals surface area (Å²) in [6, 6.07) is 6.35. The second kappa shape index (κ2) is 5.37. The van der Waals surface area contributed by atoms with Gasteiger partial charge in [-0.05, 0) is 32.4 Å². The first-order chi connectivity index (χ1) is 10.0. The van der Waals surface area contributed by atoms with E-state index in [2.05, 4.69) is 39.2 Å². The number of phenols is 1. The third-order valence-electron chi connectivity index (χ3n) is 3.80. The third kappa shape index (κ3) is 2.85. The fourth-order valence-corrected chi connectivity index (χ4v) is 2.77. The van der Waals surface area contributed by atoms with Crippen molar-refractivity contribution in [2.45, 2.75) is 32.9 Å². The van der Waals surface area contributed by atoms with Crippen molar-refractivity contribution in [2.75, 3.05) is 18.0 Å². The lowest BCUT2D eigenvalue weighted by Gasteiger charge is -2.35. The van der Waals surface area contributed by atoms with Gasteiger partial charge in [-0.2, -0.15) is 4.98 Å². The zero-order valence-corrected chi connectivity index (χ0v) is 12.6. The number of H-pyrrole nitrogens is 1. The van der Waals surface area contributed by atoms with E-state index < -0.39 is 0 Å². The lowest BCUT2D eigenvalue weighted by atomic mass is 10.1. The largest absolute Gasteiger partial charge is 0.508 e. The van der Waals surface area contributed by atoms with Crippen LogP contribution in [0.25, 0.3) is 11.4 Å². The van der Waals surface area contributed by atoms with Crippen LogP contribution in [-0.4, -0.2) is 45.5 Å². The normalized spacial score (nSPS) is 22.5. The zero-order valence-electron chi connectivity index (χ0n) is 12.6. The minimum absolute atomic E-state index is 0.273. The fraction of sp³-hybridized carbons (Fsp3) is 0.467. The number of phenolic OH excluding ortho intramolecular Hbond substituents is 1. The molecule has 1 aliphatic rings. The number of aromatic amines is 1. The topological polar surface area (TPSA) is 77.1 Å². The maximum absolute atomic E-state index is 9.81. The van der Waals surface area contributed by atoms with E-state index in [1.807, 2.05) is 19.1 Å². The van der Waals surface area contributed by atoms with E-state index >= 15 is 0 Å². The van der Waals surface area contributed by atoms with Gasteiger partial charge in [0.2, 0.25) is 5.95 Å². The van der Waals surface area contributed by atoms with Crippen LogP contribution in [0.2, 0.25) is 0 Å². The fourth-order valence-electron chi connectivity index (χ4n) is 2.77. The monoisotopic (exact) mass is 287 g/mol. The van der Waals surface area contributed by atoms with Crippen LogP contribution >= 0.6 is 0 Å². The maximum atomic E-state index is 9.81. The first kappa shape index (κ1) is 13.9. The Hall–Kier alpha value is -2.08. The second-order valence-electron chi connectivity index (χ2n) is 5.86. The number of rotatable bonds is 2. The van der Waals surface area contributed by atoms with Gasteiger partial charge in [0.1, 0.15) is 5.75 Å². The molecule has 3 N–H and O–H groups in total. The van der Waals surface area contributed by atoms with Crippen LogP contribution in [0.15, 0.2) is 18.2 Å². The number of hydrogen-bond acceptors (Lipinski definition) is 5. The molecular weight excluding hydrogens is 266 g/mol. The smallest absolute Gasteiger partial charge is 0.245 e. The number of aromatic nitrogens is 3. The quantitative estimate of drug-likeness (QED) is 0.783. The SMILES string of the molecule is Cc1ccc(-c2nc(N3CC(C)NC(C)C3)n[nH]2)cc1O. The van der Waals surface area contributed by atoms with Crippen molar-refractivity contribution in [3.63, 3.8) is 0 Å². The molecule has 2 aromatic rings. The predicted molar refractivity (Wildman–Crippen MR) is 82.5 cm³/mol. The number of anilines is 1. The Balaban J connectivity index is 1.84. The average molecular weight is 287 g/mol. The lowest BCUT2D eigenvalue weighted by molar-refractivity contribution is 0.403. The summed E-state index contributed by atoms with van der Waals surface area (Å²) in [5.41, 5.74) is 1.69. The Morgan fingerprint density at radius 3 is 2.62 bits per heavy atom. The summed E-state index contributed by atoms with van der Waals surface area (Å²) in [7, 11) is 0. The summed E-state index contributed by atoms with van der Waals surface area (Å²) in [5.74, 6) is 1.67. The molecule has 0 amide bonds. The summed E-state index contributed by atoms with van der Waals surface area (Å²) < 4.78 is 0. The second-order valence-corrected chi connectivity index (χ2v) is 5.86. The van der Waals surface area contributed by atoms with Crippen LogP contribution < -0.4 is 10.2 Å². The average Bonchev–Trinajstić information content (AvgIpc) is 2.90. The van der Waals surface area contributed by atoms with E-state index in [1.54, 1.807) is 6.07 Å². The van der Waals surface area contributed by atoms with Crippen LogP contribution in [0, 0.1) is 6.92 Å². The number of aryl methyl sites for hydroxylation is 1. The molecule has 1 aromatic carbocycles. The van der Waals surface area contributed by atoms with Gasteiger partial charge < -0.3 is 15.3 Å². The molecule has 0 radical (unpaired) electrons. The van der Waals surface area contributed by atoms with Crippen LogP contribution in [0.5, 0.6) is 5.75 Å². The summed E-state index contributed by atoms with van der Waals surface area (Å²) >= 11 is 0. The van der Waals surface area contributed by atoms with E-state index in [9.17, 15) is 5.11 Å². The molecule has 2 unspecified atom stereocenters. The van der Waals surface area contributed by atoms with Crippen molar-refractivity contribution >= 4 is 5.95 Å². The zero-order chi connectivity index (χ0) is 15.0. The van der Waals surface area contributed by atoms with Crippen molar-refractivity contribution in [3.05, 3.63) is 23.8 Å². The van der Waals surface area contributed by atoms with Gasteiger partial charge >= 0.3 is 0 Å². The molecule has 0 aliphatic carbocycles. The summed E-state index contributed by atoms with van der Waals surface area (Å²) in [5, 5.41) is 20.6. The highest BCUT2D eigenvalue weighted by molar-refractivity contribution is 5.60. The Kier molecular flexibility index (Phi) is 3.55. The molecule has 6 heteroatoms. The highest BCUT2D eigenvalue weighted by atomic mass is 16.3. The van der Waals surface area contributed by atoms with Crippen molar-refractivity contribution < 1.29 is 5.11 Å². The molecule has 6 nitrogen and oxygen atoms in total. The molecule has 0 saturated carbocycles. The van der Waals surface area contributed by atoms with E-state index in [0.717, 1.165) is 24.2 Å². The van der Waals surface area contributed by atoms with E-state index in [0.29, 0.717) is 23.9 Å². The highest BCUT2D eigenvalue weighted by Crippen LogP contribution is 2.25. The van der Waals surface area contributed by atoms with Crippen molar-refractivity contribution in [2.24, 2.45) is 0 Å². The Morgan fingerprint density at radius 1 is 1.24 bits per heavy atom. The van der Waals surface area contributed by atoms with Crippen molar-refractivity contribution in [3.8, 4) is 17.1 Å². The number of hydrogen-bond donors (Lipinski definition) is 3. The molecule has 1 aromatic heterocycles. The Labute approximate surface area is 124 Å².